The Balaban J connectivity index is 2.50. The predicted octanol–water partition coefficient (Wildman–Crippen LogP) is 4.36. The first-order valence-corrected chi connectivity index (χ1v) is 7.13. The maximum absolute atomic E-state index is 9.22. The highest BCUT2D eigenvalue weighted by Gasteiger charge is 2.17. The van der Waals surface area contributed by atoms with Crippen LogP contribution in [0, 0.1) is 17.2 Å². The van der Waals surface area contributed by atoms with E-state index in [1.54, 1.807) is 4.68 Å². The van der Waals surface area contributed by atoms with Crippen molar-refractivity contribution in [3.05, 3.63) is 45.1 Å². The van der Waals surface area contributed by atoms with Crippen LogP contribution in [0.2, 0.25) is 5.15 Å². The molecule has 3 nitrogen and oxygen atoms in total. The van der Waals surface area contributed by atoms with Crippen LogP contribution >= 0.6 is 27.5 Å². The number of benzene rings is 1. The van der Waals surface area contributed by atoms with Crippen molar-refractivity contribution in [2.45, 2.75) is 20.3 Å². The molecule has 0 aliphatic carbocycles. The summed E-state index contributed by atoms with van der Waals surface area (Å²) in [4.78, 5) is 0. The van der Waals surface area contributed by atoms with Gasteiger partial charge in [-0.3, -0.25) is 0 Å². The fraction of sp³-hybridized carbons (Fsp3) is 0.286. The Labute approximate surface area is 125 Å². The summed E-state index contributed by atoms with van der Waals surface area (Å²) in [6.45, 7) is 4.18. The number of hydrogen-bond acceptors (Lipinski definition) is 2. The van der Waals surface area contributed by atoms with Crippen molar-refractivity contribution >= 4 is 27.5 Å². The van der Waals surface area contributed by atoms with Gasteiger partial charge in [0.2, 0.25) is 0 Å². The molecule has 2 rings (SSSR count). The maximum atomic E-state index is 9.22. The molecule has 5 heteroatoms. The van der Waals surface area contributed by atoms with Crippen LogP contribution in [-0.2, 0) is 6.42 Å². The molecule has 0 radical (unpaired) electrons. The third kappa shape index (κ3) is 2.99. The van der Waals surface area contributed by atoms with Gasteiger partial charge < -0.3 is 0 Å². The van der Waals surface area contributed by atoms with Gasteiger partial charge in [-0.15, -0.1) is 0 Å². The summed E-state index contributed by atoms with van der Waals surface area (Å²) in [7, 11) is 0. The lowest BCUT2D eigenvalue weighted by molar-refractivity contribution is 0.627. The Morgan fingerprint density at radius 3 is 2.53 bits per heavy atom. The lowest BCUT2D eigenvalue weighted by Gasteiger charge is -2.03. The number of hydrogen-bond donors (Lipinski definition) is 0. The molecule has 0 aliphatic heterocycles. The minimum Gasteiger partial charge on any atom is -0.221 e. The zero-order valence-electron chi connectivity index (χ0n) is 10.7. The van der Waals surface area contributed by atoms with Gasteiger partial charge in [0.25, 0.3) is 0 Å². The molecule has 0 spiro atoms. The van der Waals surface area contributed by atoms with Gasteiger partial charge >= 0.3 is 0 Å². The van der Waals surface area contributed by atoms with Crippen LogP contribution in [0.15, 0.2) is 28.7 Å². The van der Waals surface area contributed by atoms with Crippen molar-refractivity contribution in [2.24, 2.45) is 5.92 Å². The first kappa shape index (κ1) is 14.1. The second kappa shape index (κ2) is 5.77. The van der Waals surface area contributed by atoms with E-state index in [4.69, 9.17) is 11.6 Å². The summed E-state index contributed by atoms with van der Waals surface area (Å²) >= 11 is 9.64. The molecule has 0 saturated heterocycles. The SMILES string of the molecule is CC(C)Cc1nn(-c2ccc(Br)cc2)c(Cl)c1C#N. The molecular weight excluding hydrogens is 326 g/mol. The summed E-state index contributed by atoms with van der Waals surface area (Å²) in [6.07, 6.45) is 0.742. The first-order valence-electron chi connectivity index (χ1n) is 5.96. The van der Waals surface area contributed by atoms with Crippen LogP contribution < -0.4 is 0 Å². The van der Waals surface area contributed by atoms with Crippen LogP contribution in [0.25, 0.3) is 5.69 Å². The molecule has 0 saturated carbocycles. The molecule has 0 aliphatic rings. The number of rotatable bonds is 3. The van der Waals surface area contributed by atoms with Gasteiger partial charge in [0.05, 0.1) is 11.4 Å². The van der Waals surface area contributed by atoms with Crippen LogP contribution in [0.3, 0.4) is 0 Å². The van der Waals surface area contributed by atoms with Crippen molar-refractivity contribution in [1.29, 1.82) is 5.26 Å². The van der Waals surface area contributed by atoms with Gasteiger partial charge in [0, 0.05) is 4.47 Å². The summed E-state index contributed by atoms with van der Waals surface area (Å²) in [5.41, 5.74) is 2.07. The highest BCUT2D eigenvalue weighted by molar-refractivity contribution is 9.10. The van der Waals surface area contributed by atoms with Gasteiger partial charge in [0.1, 0.15) is 11.6 Å². The Kier molecular flexibility index (Phi) is 4.28. The van der Waals surface area contributed by atoms with E-state index in [0.717, 1.165) is 22.3 Å². The lowest BCUT2D eigenvalue weighted by atomic mass is 10.1. The van der Waals surface area contributed by atoms with Gasteiger partial charge in [-0.05, 0) is 36.6 Å². The smallest absolute Gasteiger partial charge is 0.150 e. The van der Waals surface area contributed by atoms with Gasteiger partial charge in [-0.25, -0.2) is 4.68 Å². The summed E-state index contributed by atoms with van der Waals surface area (Å²) in [5, 5.41) is 14.1. The molecule has 19 heavy (non-hydrogen) atoms. The van der Waals surface area contributed by atoms with E-state index < -0.39 is 0 Å². The van der Waals surface area contributed by atoms with Crippen molar-refractivity contribution in [2.75, 3.05) is 0 Å². The van der Waals surface area contributed by atoms with E-state index in [0.29, 0.717) is 16.6 Å². The fourth-order valence-electron chi connectivity index (χ4n) is 1.83. The van der Waals surface area contributed by atoms with E-state index in [1.165, 1.54) is 0 Å². The monoisotopic (exact) mass is 337 g/mol. The number of aromatic nitrogens is 2. The van der Waals surface area contributed by atoms with Gasteiger partial charge in [-0.1, -0.05) is 41.4 Å². The Bertz CT molecular complexity index is 623. The van der Waals surface area contributed by atoms with Crippen molar-refractivity contribution in [3.8, 4) is 11.8 Å². The molecule has 0 bridgehead atoms. The molecule has 0 N–H and O–H groups in total. The molecule has 0 amide bonds. The molecular formula is C14H13BrClN3. The van der Waals surface area contributed by atoms with E-state index in [2.05, 4.69) is 40.9 Å². The fourth-order valence-corrected chi connectivity index (χ4v) is 2.38. The van der Waals surface area contributed by atoms with E-state index in [1.807, 2.05) is 24.3 Å². The topological polar surface area (TPSA) is 41.6 Å². The third-order valence-corrected chi connectivity index (χ3v) is 3.56. The lowest BCUT2D eigenvalue weighted by Crippen LogP contribution is -1.99. The van der Waals surface area contributed by atoms with Gasteiger partial charge in [-0.2, -0.15) is 10.4 Å². The zero-order valence-corrected chi connectivity index (χ0v) is 13.0. The highest BCUT2D eigenvalue weighted by Crippen LogP contribution is 2.25. The third-order valence-electron chi connectivity index (χ3n) is 2.69. The summed E-state index contributed by atoms with van der Waals surface area (Å²) < 4.78 is 2.60. The number of nitrogens with zero attached hydrogens (tertiary/aromatic N) is 3. The Morgan fingerprint density at radius 2 is 2.00 bits per heavy atom. The second-order valence-corrected chi connectivity index (χ2v) is 5.98. The molecule has 1 aromatic carbocycles. The molecule has 1 aromatic heterocycles. The quantitative estimate of drug-likeness (QED) is 0.834. The number of nitriles is 1. The van der Waals surface area contributed by atoms with Crippen LogP contribution in [0.5, 0.6) is 0 Å². The van der Waals surface area contributed by atoms with Crippen LogP contribution in [0.1, 0.15) is 25.1 Å². The first-order chi connectivity index (χ1) is 9.02. The minimum absolute atomic E-state index is 0.375. The van der Waals surface area contributed by atoms with Crippen molar-refractivity contribution < 1.29 is 0 Å². The number of halogens is 2. The molecule has 0 fully saturated rings. The average Bonchev–Trinajstić information content (AvgIpc) is 2.66. The van der Waals surface area contributed by atoms with Crippen molar-refractivity contribution in [1.82, 2.24) is 9.78 Å². The van der Waals surface area contributed by atoms with Gasteiger partial charge in [0.15, 0.2) is 5.15 Å². The minimum atomic E-state index is 0.375. The van der Waals surface area contributed by atoms with E-state index in [9.17, 15) is 5.26 Å². The largest absolute Gasteiger partial charge is 0.221 e. The molecule has 0 atom stereocenters. The predicted molar refractivity (Wildman–Crippen MR) is 79.5 cm³/mol. The molecule has 98 valence electrons. The second-order valence-electron chi connectivity index (χ2n) is 4.71. The Morgan fingerprint density at radius 1 is 1.37 bits per heavy atom. The standard InChI is InChI=1S/C14H13BrClN3/c1-9(2)7-13-12(8-17)14(16)19(18-13)11-5-3-10(15)4-6-11/h3-6,9H,7H2,1-2H3. The van der Waals surface area contributed by atoms with Crippen molar-refractivity contribution in [3.63, 3.8) is 0 Å². The van der Waals surface area contributed by atoms with Crippen LogP contribution in [0.4, 0.5) is 0 Å². The Hall–Kier alpha value is -1.31. The maximum Gasteiger partial charge on any atom is 0.150 e. The van der Waals surface area contributed by atoms with E-state index >= 15 is 0 Å². The summed E-state index contributed by atoms with van der Waals surface area (Å²) in [5.74, 6) is 0.427. The molecule has 1 heterocycles. The summed E-state index contributed by atoms with van der Waals surface area (Å²) in [6, 6.07) is 9.79. The van der Waals surface area contributed by atoms with E-state index in [-0.39, 0.29) is 0 Å². The molecule has 2 aromatic rings. The highest BCUT2D eigenvalue weighted by atomic mass is 79.9. The van der Waals surface area contributed by atoms with Crippen LogP contribution in [-0.4, -0.2) is 9.78 Å². The average molecular weight is 339 g/mol. The zero-order chi connectivity index (χ0) is 14.0. The normalized spacial score (nSPS) is 10.7. The molecule has 0 unspecified atom stereocenters.